The van der Waals surface area contributed by atoms with Crippen LogP contribution in [0.5, 0.6) is 17.2 Å². The summed E-state index contributed by atoms with van der Waals surface area (Å²) in [5, 5.41) is 10.1. The van der Waals surface area contributed by atoms with Gasteiger partial charge < -0.3 is 14.6 Å². The third-order valence-electron chi connectivity index (χ3n) is 5.54. The number of carbonyl (C=O) groups is 1. The number of hydrogen-bond acceptors (Lipinski definition) is 5. The summed E-state index contributed by atoms with van der Waals surface area (Å²) in [5.74, 6) is 1.77. The molecule has 2 aliphatic rings. The molecule has 2 aromatic carbocycles. The molecule has 1 saturated carbocycles. The molecule has 2 heterocycles. The van der Waals surface area contributed by atoms with E-state index in [0.29, 0.717) is 22.7 Å². The molecule has 0 bridgehead atoms. The smallest absolute Gasteiger partial charge is 0.231 e. The maximum absolute atomic E-state index is 13.2. The van der Waals surface area contributed by atoms with E-state index in [0.717, 1.165) is 24.2 Å². The van der Waals surface area contributed by atoms with E-state index in [4.69, 9.17) is 9.47 Å². The normalized spacial score (nSPS) is 16.0. The number of carbonyl (C=O) groups excluding carboxylic acids is 1. The fourth-order valence-corrected chi connectivity index (χ4v) is 3.80. The molecule has 5 nitrogen and oxygen atoms in total. The van der Waals surface area contributed by atoms with Crippen LogP contribution < -0.4 is 9.47 Å². The van der Waals surface area contributed by atoms with Crippen LogP contribution in [0.4, 0.5) is 0 Å². The van der Waals surface area contributed by atoms with Crippen LogP contribution in [0.25, 0.3) is 11.3 Å². The molecule has 5 rings (SSSR count). The first-order valence-electron chi connectivity index (χ1n) is 9.33. The minimum atomic E-state index is -0.451. The lowest BCUT2D eigenvalue weighted by molar-refractivity contribution is -0.120. The van der Waals surface area contributed by atoms with E-state index >= 15 is 0 Å². The van der Waals surface area contributed by atoms with Crippen LogP contribution in [0.3, 0.4) is 0 Å². The molecule has 1 fully saturated rings. The lowest BCUT2D eigenvalue weighted by Crippen LogP contribution is -2.23. The number of ether oxygens (including phenoxy) is 2. The standard InChI is InChI=1S/C23H19NO4/c25-19-7-2-1-5-17(19)18-6-3-4-16(24-18)13-22(26)23(10-11-23)15-8-9-20-21(12-15)28-14-27-20/h1-9,12,25H,10-11,13-14H2. The number of aromatic hydroxyl groups is 1. The van der Waals surface area contributed by atoms with Gasteiger partial charge in [-0.1, -0.05) is 24.3 Å². The molecule has 5 heteroatoms. The van der Waals surface area contributed by atoms with Crippen LogP contribution >= 0.6 is 0 Å². The zero-order valence-corrected chi connectivity index (χ0v) is 15.2. The summed E-state index contributed by atoms with van der Waals surface area (Å²) >= 11 is 0. The quantitative estimate of drug-likeness (QED) is 0.731. The van der Waals surface area contributed by atoms with Gasteiger partial charge in [0.2, 0.25) is 6.79 Å². The Kier molecular flexibility index (Phi) is 3.83. The van der Waals surface area contributed by atoms with Gasteiger partial charge in [-0.05, 0) is 54.8 Å². The number of ketones is 1. The first-order chi connectivity index (χ1) is 13.7. The number of pyridine rings is 1. The minimum absolute atomic E-state index is 0.160. The molecule has 0 saturated heterocycles. The van der Waals surface area contributed by atoms with Gasteiger partial charge in [-0.15, -0.1) is 0 Å². The van der Waals surface area contributed by atoms with E-state index in [9.17, 15) is 9.90 Å². The highest BCUT2D eigenvalue weighted by atomic mass is 16.7. The zero-order valence-electron chi connectivity index (χ0n) is 15.2. The van der Waals surface area contributed by atoms with Gasteiger partial charge in [0, 0.05) is 17.7 Å². The van der Waals surface area contributed by atoms with Crippen molar-refractivity contribution >= 4 is 5.78 Å². The fraction of sp³-hybridized carbons (Fsp3) is 0.217. The molecule has 0 radical (unpaired) electrons. The number of benzene rings is 2. The number of para-hydroxylation sites is 1. The second kappa shape index (κ2) is 6.37. The molecular formula is C23H19NO4. The second-order valence-electron chi connectivity index (χ2n) is 7.28. The van der Waals surface area contributed by atoms with E-state index in [1.54, 1.807) is 12.1 Å². The van der Waals surface area contributed by atoms with Gasteiger partial charge in [-0.3, -0.25) is 9.78 Å². The highest BCUT2D eigenvalue weighted by molar-refractivity contribution is 5.94. The third kappa shape index (κ3) is 2.80. The van der Waals surface area contributed by atoms with Crippen LogP contribution in [0.1, 0.15) is 24.1 Å². The predicted octanol–water partition coefficient (Wildman–Crippen LogP) is 4.03. The second-order valence-corrected chi connectivity index (χ2v) is 7.28. The maximum atomic E-state index is 13.2. The van der Waals surface area contributed by atoms with Gasteiger partial charge in [-0.2, -0.15) is 0 Å². The van der Waals surface area contributed by atoms with Crippen LogP contribution in [0.15, 0.2) is 60.7 Å². The molecule has 0 spiro atoms. The van der Waals surface area contributed by atoms with Gasteiger partial charge in [0.15, 0.2) is 11.5 Å². The van der Waals surface area contributed by atoms with Crippen LogP contribution in [0.2, 0.25) is 0 Å². The Morgan fingerprint density at radius 3 is 2.64 bits per heavy atom. The summed E-state index contributed by atoms with van der Waals surface area (Å²) in [6, 6.07) is 18.4. The average molecular weight is 373 g/mol. The number of fused-ring (bicyclic) bond motifs is 1. The molecule has 1 aromatic heterocycles. The fourth-order valence-electron chi connectivity index (χ4n) is 3.80. The van der Waals surface area contributed by atoms with Crippen molar-refractivity contribution in [2.24, 2.45) is 0 Å². The number of phenolic OH excluding ortho intramolecular Hbond substituents is 1. The molecule has 140 valence electrons. The highest BCUT2D eigenvalue weighted by Crippen LogP contribution is 2.51. The third-order valence-corrected chi connectivity index (χ3v) is 5.54. The summed E-state index contributed by atoms with van der Waals surface area (Å²) in [5.41, 5.74) is 2.56. The lowest BCUT2D eigenvalue weighted by Gasteiger charge is -2.15. The van der Waals surface area contributed by atoms with Crippen molar-refractivity contribution < 1.29 is 19.4 Å². The number of phenols is 1. The van der Waals surface area contributed by atoms with E-state index < -0.39 is 5.41 Å². The first kappa shape index (κ1) is 16.8. The first-order valence-corrected chi connectivity index (χ1v) is 9.33. The molecule has 0 atom stereocenters. The van der Waals surface area contributed by atoms with E-state index in [1.807, 2.05) is 48.5 Å². The van der Waals surface area contributed by atoms with Crippen molar-refractivity contribution in [1.82, 2.24) is 4.98 Å². The van der Waals surface area contributed by atoms with Crippen LogP contribution in [0, 0.1) is 0 Å². The van der Waals surface area contributed by atoms with E-state index in [1.165, 1.54) is 0 Å². The number of hydrogen-bond donors (Lipinski definition) is 1. The Morgan fingerprint density at radius 1 is 1.00 bits per heavy atom. The molecule has 28 heavy (non-hydrogen) atoms. The van der Waals surface area contributed by atoms with Crippen molar-refractivity contribution in [2.75, 3.05) is 6.79 Å². The Labute approximate surface area is 162 Å². The topological polar surface area (TPSA) is 68.7 Å². The predicted molar refractivity (Wildman–Crippen MR) is 104 cm³/mol. The summed E-state index contributed by atoms with van der Waals surface area (Å²) < 4.78 is 10.8. The van der Waals surface area contributed by atoms with Gasteiger partial charge >= 0.3 is 0 Å². The van der Waals surface area contributed by atoms with E-state index in [2.05, 4.69) is 4.98 Å². The molecule has 1 N–H and O–H groups in total. The maximum Gasteiger partial charge on any atom is 0.231 e. The number of aromatic nitrogens is 1. The van der Waals surface area contributed by atoms with Gasteiger partial charge in [0.1, 0.15) is 11.5 Å². The van der Waals surface area contributed by atoms with Crippen molar-refractivity contribution in [1.29, 1.82) is 0 Å². The zero-order chi connectivity index (χ0) is 19.1. The average Bonchev–Trinajstić information content (AvgIpc) is 3.40. The Hall–Kier alpha value is -3.34. The van der Waals surface area contributed by atoms with Crippen molar-refractivity contribution in [3.63, 3.8) is 0 Å². The monoisotopic (exact) mass is 373 g/mol. The molecule has 0 unspecified atom stereocenters. The largest absolute Gasteiger partial charge is 0.507 e. The molecule has 1 aliphatic heterocycles. The highest BCUT2D eigenvalue weighted by Gasteiger charge is 2.50. The Balaban J connectivity index is 1.40. The molecule has 3 aromatic rings. The van der Waals surface area contributed by atoms with Crippen LogP contribution in [-0.4, -0.2) is 22.7 Å². The SMILES string of the molecule is O=C(Cc1cccc(-c2ccccc2O)n1)C1(c2ccc3c(c2)OCO3)CC1. The summed E-state index contributed by atoms with van der Waals surface area (Å²) in [6.07, 6.45) is 1.94. The Bertz CT molecular complexity index is 1070. The van der Waals surface area contributed by atoms with Crippen LogP contribution in [-0.2, 0) is 16.6 Å². The van der Waals surface area contributed by atoms with E-state index in [-0.39, 0.29) is 24.7 Å². The molecular weight excluding hydrogens is 354 g/mol. The Morgan fingerprint density at radius 2 is 1.82 bits per heavy atom. The molecule has 0 amide bonds. The number of rotatable bonds is 5. The van der Waals surface area contributed by atoms with Crippen molar-refractivity contribution in [3.05, 3.63) is 71.9 Å². The number of Topliss-reactive ketones (excluding diaryl/α,β-unsaturated/α-hetero) is 1. The summed E-state index contributed by atoms with van der Waals surface area (Å²) in [6.45, 7) is 0.225. The summed E-state index contributed by atoms with van der Waals surface area (Å²) in [7, 11) is 0. The van der Waals surface area contributed by atoms with Crippen molar-refractivity contribution in [2.45, 2.75) is 24.7 Å². The van der Waals surface area contributed by atoms with Gasteiger partial charge in [0.05, 0.1) is 11.1 Å². The summed E-state index contributed by atoms with van der Waals surface area (Å²) in [4.78, 5) is 17.8. The minimum Gasteiger partial charge on any atom is -0.507 e. The number of nitrogens with zero attached hydrogens (tertiary/aromatic N) is 1. The lowest BCUT2D eigenvalue weighted by atomic mass is 9.88. The van der Waals surface area contributed by atoms with Gasteiger partial charge in [-0.25, -0.2) is 0 Å². The van der Waals surface area contributed by atoms with Crippen molar-refractivity contribution in [3.8, 4) is 28.5 Å². The molecule has 1 aliphatic carbocycles. The van der Waals surface area contributed by atoms with Gasteiger partial charge in [0.25, 0.3) is 0 Å².